The average molecular weight is 357 g/mol. The molecule has 23 heavy (non-hydrogen) atoms. The molecular weight excluding hydrogens is 338 g/mol. The molecule has 1 amide bonds. The zero-order chi connectivity index (χ0) is 17.4. The van der Waals surface area contributed by atoms with Gasteiger partial charge in [0.1, 0.15) is 4.88 Å². The van der Waals surface area contributed by atoms with Crippen molar-refractivity contribution in [1.82, 2.24) is 20.1 Å². The summed E-state index contributed by atoms with van der Waals surface area (Å²) in [6.45, 7) is 5.46. The van der Waals surface area contributed by atoms with Crippen molar-refractivity contribution in [3.8, 4) is 0 Å². The van der Waals surface area contributed by atoms with Gasteiger partial charge >= 0.3 is 0 Å². The molecule has 126 valence electrons. The molecule has 0 aromatic carbocycles. The van der Waals surface area contributed by atoms with E-state index in [0.717, 1.165) is 28.8 Å². The molecule has 0 saturated carbocycles. The first-order valence-corrected chi connectivity index (χ1v) is 9.54. The van der Waals surface area contributed by atoms with Gasteiger partial charge in [-0.1, -0.05) is 11.3 Å². The molecule has 0 saturated heterocycles. The number of amides is 1. The Bertz CT molecular complexity index is 838. The highest BCUT2D eigenvalue weighted by molar-refractivity contribution is 7.92. The van der Waals surface area contributed by atoms with Crippen LogP contribution in [0, 0.1) is 13.8 Å². The lowest BCUT2D eigenvalue weighted by atomic mass is 10.1. The van der Waals surface area contributed by atoms with Crippen LogP contribution in [0.5, 0.6) is 0 Å². The van der Waals surface area contributed by atoms with Crippen LogP contribution in [0.4, 0.5) is 5.13 Å². The molecule has 0 aliphatic rings. The summed E-state index contributed by atoms with van der Waals surface area (Å²) in [5.41, 5.74) is 2.38. The second kappa shape index (κ2) is 6.28. The van der Waals surface area contributed by atoms with Crippen molar-refractivity contribution in [3.05, 3.63) is 28.0 Å². The molecule has 0 spiro atoms. The molecule has 8 nitrogen and oxygen atoms in total. The predicted molar refractivity (Wildman–Crippen MR) is 89.1 cm³/mol. The Morgan fingerprint density at radius 2 is 2.04 bits per heavy atom. The van der Waals surface area contributed by atoms with Gasteiger partial charge in [0.05, 0.1) is 24.2 Å². The molecule has 0 radical (unpaired) electrons. The van der Waals surface area contributed by atoms with E-state index in [-0.39, 0.29) is 17.1 Å². The molecule has 2 heterocycles. The smallest absolute Gasteiger partial charge is 0.263 e. The van der Waals surface area contributed by atoms with E-state index >= 15 is 0 Å². The summed E-state index contributed by atoms with van der Waals surface area (Å²) in [7, 11) is -1.58. The van der Waals surface area contributed by atoms with Gasteiger partial charge in [-0.05, 0) is 20.8 Å². The van der Waals surface area contributed by atoms with E-state index in [1.807, 2.05) is 20.9 Å². The minimum Gasteiger partial charge on any atom is -0.345 e. The Balaban J connectivity index is 2.16. The van der Waals surface area contributed by atoms with Crippen molar-refractivity contribution >= 4 is 32.4 Å². The first-order valence-electron chi connectivity index (χ1n) is 6.83. The van der Waals surface area contributed by atoms with Crippen molar-refractivity contribution in [2.45, 2.75) is 26.8 Å². The van der Waals surface area contributed by atoms with E-state index in [4.69, 9.17) is 0 Å². The number of thiazole rings is 1. The van der Waals surface area contributed by atoms with Crippen molar-refractivity contribution in [3.63, 3.8) is 0 Å². The van der Waals surface area contributed by atoms with E-state index in [0.29, 0.717) is 10.6 Å². The van der Waals surface area contributed by atoms with Gasteiger partial charge in [0.25, 0.3) is 5.91 Å². The van der Waals surface area contributed by atoms with Gasteiger partial charge in [0.2, 0.25) is 10.0 Å². The summed E-state index contributed by atoms with van der Waals surface area (Å²) in [5.74, 6) is -0.294. The Morgan fingerprint density at radius 3 is 2.57 bits per heavy atom. The number of sulfonamides is 1. The van der Waals surface area contributed by atoms with Crippen molar-refractivity contribution < 1.29 is 13.2 Å². The van der Waals surface area contributed by atoms with Crippen LogP contribution in [0.15, 0.2) is 6.20 Å². The van der Waals surface area contributed by atoms with Crippen LogP contribution in [0.3, 0.4) is 0 Å². The normalized spacial score (nSPS) is 12.9. The van der Waals surface area contributed by atoms with Crippen LogP contribution < -0.4 is 10.0 Å². The highest BCUT2D eigenvalue weighted by Gasteiger charge is 2.20. The summed E-state index contributed by atoms with van der Waals surface area (Å²) in [4.78, 5) is 16.9. The number of hydrogen-bond donors (Lipinski definition) is 2. The number of nitrogens with one attached hydrogen (secondary N) is 2. The third-order valence-electron chi connectivity index (χ3n) is 3.36. The maximum atomic E-state index is 12.4. The second-order valence-electron chi connectivity index (χ2n) is 5.31. The first kappa shape index (κ1) is 17.4. The van der Waals surface area contributed by atoms with E-state index in [9.17, 15) is 13.2 Å². The lowest BCUT2D eigenvalue weighted by Gasteiger charge is -2.13. The molecule has 2 aromatic heterocycles. The van der Waals surface area contributed by atoms with Gasteiger partial charge in [-0.2, -0.15) is 5.10 Å². The Hall–Kier alpha value is -1.94. The standard InChI is InChI=1S/C13H19N5O3S2/c1-7(10-6-14-18(4)9(10)3)15-12(19)11-8(2)16-13(22-11)17-23(5,20)21/h6-7H,1-5H3,(H,15,19)(H,16,17)/t7-/m0/s1. The molecule has 0 unspecified atom stereocenters. The van der Waals surface area contributed by atoms with Gasteiger partial charge in [0.15, 0.2) is 5.13 Å². The molecule has 0 fully saturated rings. The van der Waals surface area contributed by atoms with Crippen molar-refractivity contribution in [1.29, 1.82) is 0 Å². The number of nitrogens with zero attached hydrogens (tertiary/aromatic N) is 3. The number of anilines is 1. The lowest BCUT2D eigenvalue weighted by Crippen LogP contribution is -2.26. The number of rotatable bonds is 5. The van der Waals surface area contributed by atoms with E-state index < -0.39 is 10.0 Å². The van der Waals surface area contributed by atoms with Gasteiger partial charge < -0.3 is 5.32 Å². The van der Waals surface area contributed by atoms with Gasteiger partial charge in [0, 0.05) is 18.3 Å². The second-order valence-corrected chi connectivity index (χ2v) is 8.06. The van der Waals surface area contributed by atoms with Gasteiger partial charge in [-0.25, -0.2) is 13.4 Å². The highest BCUT2D eigenvalue weighted by Crippen LogP contribution is 2.24. The molecule has 2 N–H and O–H groups in total. The lowest BCUT2D eigenvalue weighted by molar-refractivity contribution is 0.0943. The largest absolute Gasteiger partial charge is 0.345 e. The van der Waals surface area contributed by atoms with Crippen molar-refractivity contribution in [2.75, 3.05) is 11.0 Å². The van der Waals surface area contributed by atoms with Crippen LogP contribution in [0.1, 0.15) is 39.6 Å². The molecule has 0 bridgehead atoms. The Labute approximate surface area is 139 Å². The third-order valence-corrected chi connectivity index (χ3v) is 5.13. The molecule has 0 aliphatic heterocycles. The first-order chi connectivity index (χ1) is 10.6. The maximum absolute atomic E-state index is 12.4. The van der Waals surface area contributed by atoms with Gasteiger partial charge in [-0.15, -0.1) is 0 Å². The number of aromatic nitrogens is 3. The number of carbonyl (C=O) groups is 1. The third kappa shape index (κ3) is 4.08. The zero-order valence-corrected chi connectivity index (χ0v) is 15.2. The van der Waals surface area contributed by atoms with E-state index in [1.165, 1.54) is 0 Å². The minimum absolute atomic E-state index is 0.181. The predicted octanol–water partition coefficient (Wildman–Crippen LogP) is 1.36. The molecular formula is C13H19N5O3S2. The van der Waals surface area contributed by atoms with Crippen molar-refractivity contribution in [2.24, 2.45) is 7.05 Å². The van der Waals surface area contributed by atoms with Crippen LogP contribution in [0.2, 0.25) is 0 Å². The highest BCUT2D eigenvalue weighted by atomic mass is 32.2. The minimum atomic E-state index is -3.42. The topological polar surface area (TPSA) is 106 Å². The summed E-state index contributed by atoms with van der Waals surface area (Å²) >= 11 is 1.01. The number of carbonyl (C=O) groups excluding carboxylic acids is 1. The van der Waals surface area contributed by atoms with Crippen LogP contribution in [-0.4, -0.2) is 35.3 Å². The fourth-order valence-electron chi connectivity index (χ4n) is 2.09. The van der Waals surface area contributed by atoms with E-state index in [2.05, 4.69) is 20.1 Å². The van der Waals surface area contributed by atoms with Gasteiger partial charge in [-0.3, -0.25) is 14.2 Å². The summed E-state index contributed by atoms with van der Waals surface area (Å²) < 4.78 is 26.5. The summed E-state index contributed by atoms with van der Waals surface area (Å²) in [5, 5.41) is 7.22. The Morgan fingerprint density at radius 1 is 1.39 bits per heavy atom. The molecule has 1 atom stereocenters. The zero-order valence-electron chi connectivity index (χ0n) is 13.5. The molecule has 2 rings (SSSR count). The molecule has 2 aromatic rings. The van der Waals surface area contributed by atoms with Crippen LogP contribution in [-0.2, 0) is 17.1 Å². The summed E-state index contributed by atoms with van der Waals surface area (Å²) in [6, 6.07) is -0.219. The van der Waals surface area contributed by atoms with E-state index in [1.54, 1.807) is 17.8 Å². The maximum Gasteiger partial charge on any atom is 0.263 e. The molecule has 10 heteroatoms. The SMILES string of the molecule is Cc1nc(NS(C)(=O)=O)sc1C(=O)N[C@@H](C)c1cnn(C)c1C. The number of aryl methyl sites for hydroxylation is 2. The Kier molecular flexibility index (Phi) is 4.76. The van der Waals surface area contributed by atoms with Crippen LogP contribution >= 0.6 is 11.3 Å². The monoisotopic (exact) mass is 357 g/mol. The fourth-order valence-corrected chi connectivity index (χ4v) is 3.79. The average Bonchev–Trinajstić information content (AvgIpc) is 2.92. The fraction of sp³-hybridized carbons (Fsp3) is 0.462. The number of hydrogen-bond acceptors (Lipinski definition) is 6. The van der Waals surface area contributed by atoms with Crippen LogP contribution in [0.25, 0.3) is 0 Å². The summed E-state index contributed by atoms with van der Waals surface area (Å²) in [6.07, 6.45) is 2.76. The molecule has 0 aliphatic carbocycles. The quantitative estimate of drug-likeness (QED) is 0.840.